The maximum atomic E-state index is 10.4. The first-order chi connectivity index (χ1) is 11.7. The standard InChI is InChI=1S/C20H19N3O/c1-2-10-23(14-18-5-3-4-17(11-18)13-22)15-20(24)19-8-6-16(12-21)7-9-19/h2-9,11,20,24H,1,10,14-15H2. The van der Waals surface area contributed by atoms with Crippen molar-refractivity contribution in [3.05, 3.63) is 83.4 Å². The quantitative estimate of drug-likeness (QED) is 0.796. The minimum atomic E-state index is -0.656. The zero-order chi connectivity index (χ0) is 17.4. The van der Waals surface area contributed by atoms with Crippen molar-refractivity contribution in [2.75, 3.05) is 13.1 Å². The third-order valence-electron chi connectivity index (χ3n) is 3.71. The molecule has 0 bridgehead atoms. The van der Waals surface area contributed by atoms with Crippen molar-refractivity contribution in [1.82, 2.24) is 4.90 Å². The van der Waals surface area contributed by atoms with Gasteiger partial charge in [-0.3, -0.25) is 4.90 Å². The SMILES string of the molecule is C=CCN(Cc1cccc(C#N)c1)CC(O)c1ccc(C#N)cc1. The summed E-state index contributed by atoms with van der Waals surface area (Å²) in [5.41, 5.74) is 2.98. The fraction of sp³-hybridized carbons (Fsp3) is 0.200. The molecule has 0 heterocycles. The first-order valence-electron chi connectivity index (χ1n) is 7.66. The van der Waals surface area contributed by atoms with Gasteiger partial charge >= 0.3 is 0 Å². The van der Waals surface area contributed by atoms with Gasteiger partial charge in [-0.05, 0) is 35.4 Å². The lowest BCUT2D eigenvalue weighted by molar-refractivity contribution is 0.116. The Hall–Kier alpha value is -2.92. The summed E-state index contributed by atoms with van der Waals surface area (Å²) < 4.78 is 0. The van der Waals surface area contributed by atoms with Crippen molar-refractivity contribution in [3.63, 3.8) is 0 Å². The molecular formula is C20H19N3O. The summed E-state index contributed by atoms with van der Waals surface area (Å²) >= 11 is 0. The number of rotatable bonds is 7. The highest BCUT2D eigenvalue weighted by atomic mass is 16.3. The molecule has 0 aromatic heterocycles. The van der Waals surface area contributed by atoms with Gasteiger partial charge in [0.25, 0.3) is 0 Å². The molecule has 1 atom stereocenters. The molecule has 24 heavy (non-hydrogen) atoms. The number of nitrogens with zero attached hydrogens (tertiary/aromatic N) is 3. The van der Waals surface area contributed by atoms with Gasteiger partial charge in [0.1, 0.15) is 0 Å². The average molecular weight is 317 g/mol. The summed E-state index contributed by atoms with van der Waals surface area (Å²) in [5.74, 6) is 0. The van der Waals surface area contributed by atoms with Crippen LogP contribution in [0.4, 0.5) is 0 Å². The summed E-state index contributed by atoms with van der Waals surface area (Å²) in [6, 6.07) is 18.6. The molecule has 120 valence electrons. The fourth-order valence-electron chi connectivity index (χ4n) is 2.51. The van der Waals surface area contributed by atoms with E-state index in [1.54, 1.807) is 36.4 Å². The third-order valence-corrected chi connectivity index (χ3v) is 3.71. The van der Waals surface area contributed by atoms with E-state index in [9.17, 15) is 5.11 Å². The maximum Gasteiger partial charge on any atom is 0.0991 e. The number of benzene rings is 2. The minimum Gasteiger partial charge on any atom is -0.387 e. The zero-order valence-electron chi connectivity index (χ0n) is 13.4. The molecule has 1 unspecified atom stereocenters. The molecule has 0 fully saturated rings. The smallest absolute Gasteiger partial charge is 0.0991 e. The van der Waals surface area contributed by atoms with Crippen molar-refractivity contribution >= 4 is 0 Å². The number of aliphatic hydroxyl groups excluding tert-OH is 1. The van der Waals surface area contributed by atoms with Gasteiger partial charge in [0, 0.05) is 19.6 Å². The van der Waals surface area contributed by atoms with Crippen molar-refractivity contribution in [1.29, 1.82) is 10.5 Å². The molecule has 2 aromatic carbocycles. The number of hydrogen-bond acceptors (Lipinski definition) is 4. The lowest BCUT2D eigenvalue weighted by Crippen LogP contribution is -2.28. The highest BCUT2D eigenvalue weighted by molar-refractivity contribution is 5.33. The van der Waals surface area contributed by atoms with E-state index in [-0.39, 0.29) is 0 Å². The topological polar surface area (TPSA) is 71.1 Å². The normalized spacial score (nSPS) is 11.5. The van der Waals surface area contributed by atoms with Gasteiger partial charge in [-0.15, -0.1) is 6.58 Å². The first kappa shape index (κ1) is 17.4. The monoisotopic (exact) mass is 317 g/mol. The number of aliphatic hydroxyl groups is 1. The van der Waals surface area contributed by atoms with Gasteiger partial charge in [-0.2, -0.15) is 10.5 Å². The second-order valence-electron chi connectivity index (χ2n) is 5.54. The van der Waals surface area contributed by atoms with Crippen LogP contribution in [-0.2, 0) is 6.54 Å². The molecule has 0 amide bonds. The lowest BCUT2D eigenvalue weighted by Gasteiger charge is -2.24. The van der Waals surface area contributed by atoms with E-state index in [1.165, 1.54) is 0 Å². The van der Waals surface area contributed by atoms with Crippen LogP contribution < -0.4 is 0 Å². The van der Waals surface area contributed by atoms with E-state index in [0.29, 0.717) is 30.8 Å². The van der Waals surface area contributed by atoms with Crippen molar-refractivity contribution in [2.24, 2.45) is 0 Å². The third kappa shape index (κ3) is 4.79. The largest absolute Gasteiger partial charge is 0.387 e. The van der Waals surface area contributed by atoms with E-state index in [0.717, 1.165) is 11.1 Å². The average Bonchev–Trinajstić information content (AvgIpc) is 2.62. The molecule has 0 aliphatic rings. The second-order valence-corrected chi connectivity index (χ2v) is 5.54. The molecule has 1 N–H and O–H groups in total. The summed E-state index contributed by atoms with van der Waals surface area (Å²) in [6.07, 6.45) is 1.14. The Kier molecular flexibility index (Phi) is 6.28. The van der Waals surface area contributed by atoms with Crippen LogP contribution in [0.15, 0.2) is 61.2 Å². The summed E-state index contributed by atoms with van der Waals surface area (Å²) in [5, 5.41) is 28.3. The highest BCUT2D eigenvalue weighted by Crippen LogP contribution is 2.17. The zero-order valence-corrected chi connectivity index (χ0v) is 13.4. The van der Waals surface area contributed by atoms with Gasteiger partial charge in [0.05, 0.1) is 29.4 Å². The van der Waals surface area contributed by atoms with E-state index < -0.39 is 6.10 Å². The van der Waals surface area contributed by atoms with Crippen LogP contribution >= 0.6 is 0 Å². The Morgan fingerprint density at radius 3 is 2.42 bits per heavy atom. The lowest BCUT2D eigenvalue weighted by atomic mass is 10.1. The first-order valence-corrected chi connectivity index (χ1v) is 7.66. The Bertz CT molecular complexity index is 769. The molecular weight excluding hydrogens is 298 g/mol. The molecule has 0 spiro atoms. The Morgan fingerprint density at radius 1 is 1.08 bits per heavy atom. The number of hydrogen-bond donors (Lipinski definition) is 1. The molecule has 0 aliphatic carbocycles. The van der Waals surface area contributed by atoms with Crippen LogP contribution in [0.3, 0.4) is 0 Å². The van der Waals surface area contributed by atoms with Gasteiger partial charge in [-0.1, -0.05) is 30.3 Å². The molecule has 2 rings (SSSR count). The summed E-state index contributed by atoms with van der Waals surface area (Å²) in [4.78, 5) is 2.06. The molecule has 0 aliphatic heterocycles. The molecule has 0 radical (unpaired) electrons. The van der Waals surface area contributed by atoms with Crippen LogP contribution in [0.2, 0.25) is 0 Å². The van der Waals surface area contributed by atoms with E-state index in [2.05, 4.69) is 23.6 Å². The summed E-state index contributed by atoms with van der Waals surface area (Å²) in [7, 11) is 0. The molecule has 4 nitrogen and oxygen atoms in total. The van der Waals surface area contributed by atoms with Crippen molar-refractivity contribution in [2.45, 2.75) is 12.6 Å². The predicted octanol–water partition coefficient (Wildman–Crippen LogP) is 3.15. The van der Waals surface area contributed by atoms with E-state index >= 15 is 0 Å². The molecule has 2 aromatic rings. The van der Waals surface area contributed by atoms with Crippen LogP contribution in [-0.4, -0.2) is 23.1 Å². The van der Waals surface area contributed by atoms with Gasteiger partial charge in [0.15, 0.2) is 0 Å². The summed E-state index contributed by atoms with van der Waals surface area (Å²) in [6.45, 7) is 5.46. The van der Waals surface area contributed by atoms with Crippen molar-refractivity contribution < 1.29 is 5.11 Å². The van der Waals surface area contributed by atoms with Gasteiger partial charge in [-0.25, -0.2) is 0 Å². The highest BCUT2D eigenvalue weighted by Gasteiger charge is 2.13. The molecule has 0 saturated carbocycles. The Balaban J connectivity index is 2.07. The van der Waals surface area contributed by atoms with Crippen LogP contribution in [0.1, 0.15) is 28.4 Å². The molecule has 4 heteroatoms. The van der Waals surface area contributed by atoms with Crippen LogP contribution in [0, 0.1) is 22.7 Å². The van der Waals surface area contributed by atoms with Gasteiger partial charge < -0.3 is 5.11 Å². The predicted molar refractivity (Wildman–Crippen MR) is 92.7 cm³/mol. The minimum absolute atomic E-state index is 0.439. The van der Waals surface area contributed by atoms with Crippen molar-refractivity contribution in [3.8, 4) is 12.1 Å². The molecule has 0 saturated heterocycles. The maximum absolute atomic E-state index is 10.4. The van der Waals surface area contributed by atoms with Gasteiger partial charge in [0.2, 0.25) is 0 Å². The Morgan fingerprint density at radius 2 is 1.79 bits per heavy atom. The Labute approximate surface area is 142 Å². The van der Waals surface area contributed by atoms with E-state index in [1.807, 2.05) is 18.2 Å². The van der Waals surface area contributed by atoms with E-state index in [4.69, 9.17) is 10.5 Å². The van der Waals surface area contributed by atoms with Crippen LogP contribution in [0.25, 0.3) is 0 Å². The number of nitriles is 2. The fourth-order valence-corrected chi connectivity index (χ4v) is 2.51. The second kappa shape index (κ2) is 8.64. The van der Waals surface area contributed by atoms with Crippen LogP contribution in [0.5, 0.6) is 0 Å².